The Kier molecular flexibility index (Phi) is 3.78. The van der Waals surface area contributed by atoms with Gasteiger partial charge in [-0.2, -0.15) is 0 Å². The number of anilines is 1. The zero-order valence-corrected chi connectivity index (χ0v) is 13.4. The van der Waals surface area contributed by atoms with E-state index in [1.165, 1.54) is 0 Å². The van der Waals surface area contributed by atoms with Gasteiger partial charge in [-0.3, -0.25) is 4.79 Å². The van der Waals surface area contributed by atoms with Crippen LogP contribution in [0, 0.1) is 6.92 Å². The van der Waals surface area contributed by atoms with E-state index in [0.717, 1.165) is 16.9 Å². The van der Waals surface area contributed by atoms with Gasteiger partial charge >= 0.3 is 0 Å². The molecule has 0 saturated carbocycles. The second-order valence-corrected chi connectivity index (χ2v) is 5.80. The smallest absolute Gasteiger partial charge is 0.250 e. The van der Waals surface area contributed by atoms with E-state index in [2.05, 4.69) is 4.98 Å². The summed E-state index contributed by atoms with van der Waals surface area (Å²) in [5, 5.41) is 0. The molecule has 5 nitrogen and oxygen atoms in total. The molecule has 5 heteroatoms. The Morgan fingerprint density at radius 3 is 2.57 bits per heavy atom. The largest absolute Gasteiger partial charge is 0.460 e. The maximum Gasteiger partial charge on any atom is 0.250 e. The Labute approximate surface area is 134 Å². The zero-order chi connectivity index (χ0) is 16.6. The van der Waals surface area contributed by atoms with Crippen LogP contribution < -0.4 is 11.3 Å². The zero-order valence-electron chi connectivity index (χ0n) is 13.4. The molecule has 0 aromatic carbocycles. The van der Waals surface area contributed by atoms with Gasteiger partial charge < -0.3 is 14.7 Å². The van der Waals surface area contributed by atoms with E-state index in [-0.39, 0.29) is 11.6 Å². The minimum atomic E-state index is -0.0254. The second-order valence-electron chi connectivity index (χ2n) is 5.80. The summed E-state index contributed by atoms with van der Waals surface area (Å²) in [6, 6.07) is 10.9. The van der Waals surface area contributed by atoms with Crippen molar-refractivity contribution in [3.63, 3.8) is 0 Å². The molecule has 2 N–H and O–H groups in total. The first-order valence-corrected chi connectivity index (χ1v) is 7.51. The van der Waals surface area contributed by atoms with Crippen LogP contribution in [0.4, 0.5) is 5.82 Å². The molecular formula is C18H19N3O2. The molecule has 0 spiro atoms. The van der Waals surface area contributed by atoms with Gasteiger partial charge in [0, 0.05) is 29.4 Å². The van der Waals surface area contributed by atoms with Crippen LogP contribution in [0.25, 0.3) is 22.6 Å². The molecule has 0 bridgehead atoms. The maximum atomic E-state index is 12.0. The normalized spacial score (nSPS) is 11.1. The van der Waals surface area contributed by atoms with Gasteiger partial charge in [-0.05, 0) is 51.1 Å². The summed E-state index contributed by atoms with van der Waals surface area (Å²) >= 11 is 0. The molecule has 0 atom stereocenters. The Bertz CT molecular complexity index is 907. The summed E-state index contributed by atoms with van der Waals surface area (Å²) in [5.74, 6) is 1.89. The highest BCUT2D eigenvalue weighted by molar-refractivity contribution is 5.79. The Morgan fingerprint density at radius 2 is 1.91 bits per heavy atom. The van der Waals surface area contributed by atoms with Crippen LogP contribution in [-0.2, 0) is 0 Å². The molecule has 0 aliphatic heterocycles. The average molecular weight is 309 g/mol. The topological polar surface area (TPSA) is 74.0 Å². The fourth-order valence-corrected chi connectivity index (χ4v) is 2.52. The van der Waals surface area contributed by atoms with E-state index < -0.39 is 0 Å². The number of nitrogen functional groups attached to an aromatic ring is 1. The number of furan rings is 1. The van der Waals surface area contributed by atoms with Crippen LogP contribution in [0.15, 0.2) is 51.8 Å². The van der Waals surface area contributed by atoms with Crippen LogP contribution in [0.1, 0.15) is 25.6 Å². The molecule has 0 unspecified atom stereocenters. The van der Waals surface area contributed by atoms with Crippen molar-refractivity contribution < 1.29 is 4.42 Å². The summed E-state index contributed by atoms with van der Waals surface area (Å²) in [4.78, 5) is 16.4. The maximum absolute atomic E-state index is 12.0. The van der Waals surface area contributed by atoms with Crippen LogP contribution >= 0.6 is 0 Å². The van der Waals surface area contributed by atoms with E-state index in [1.54, 1.807) is 22.8 Å². The van der Waals surface area contributed by atoms with Gasteiger partial charge in [-0.15, -0.1) is 0 Å². The van der Waals surface area contributed by atoms with E-state index in [4.69, 9.17) is 10.2 Å². The SMILES string of the molecule is Cc1ccc(-c2nc(N)ccc2-c2ccc(=O)n(C(C)C)c2)o1. The summed E-state index contributed by atoms with van der Waals surface area (Å²) in [7, 11) is 0. The number of hydrogen-bond donors (Lipinski definition) is 1. The van der Waals surface area contributed by atoms with Crippen molar-refractivity contribution in [2.24, 2.45) is 0 Å². The molecule has 3 aromatic heterocycles. The summed E-state index contributed by atoms with van der Waals surface area (Å²) in [6.07, 6.45) is 1.85. The first-order valence-electron chi connectivity index (χ1n) is 7.51. The van der Waals surface area contributed by atoms with Crippen LogP contribution in [0.5, 0.6) is 0 Å². The molecule has 3 heterocycles. The fraction of sp³-hybridized carbons (Fsp3) is 0.222. The van der Waals surface area contributed by atoms with Gasteiger partial charge in [0.05, 0.1) is 0 Å². The summed E-state index contributed by atoms with van der Waals surface area (Å²) < 4.78 is 7.40. The average Bonchev–Trinajstić information content (AvgIpc) is 2.94. The molecule has 0 aliphatic carbocycles. The number of aryl methyl sites for hydroxylation is 1. The lowest BCUT2D eigenvalue weighted by atomic mass is 10.0. The van der Waals surface area contributed by atoms with Crippen molar-refractivity contribution in [3.05, 3.63) is 58.7 Å². The summed E-state index contributed by atoms with van der Waals surface area (Å²) in [5.41, 5.74) is 8.27. The lowest BCUT2D eigenvalue weighted by molar-refractivity contribution is 0.546. The highest BCUT2D eigenvalue weighted by Gasteiger charge is 2.14. The minimum Gasteiger partial charge on any atom is -0.460 e. The Hall–Kier alpha value is -2.82. The third-order valence-corrected chi connectivity index (χ3v) is 3.70. The molecule has 3 aromatic rings. The van der Waals surface area contributed by atoms with Crippen LogP contribution in [-0.4, -0.2) is 9.55 Å². The predicted octanol–water partition coefficient (Wildman–Crippen LogP) is 3.64. The van der Waals surface area contributed by atoms with Gasteiger partial charge in [-0.25, -0.2) is 4.98 Å². The molecule has 118 valence electrons. The van der Waals surface area contributed by atoms with E-state index in [1.807, 2.05) is 45.2 Å². The van der Waals surface area contributed by atoms with Gasteiger partial charge in [-0.1, -0.05) is 0 Å². The fourth-order valence-electron chi connectivity index (χ4n) is 2.52. The first kappa shape index (κ1) is 15.1. The Balaban J connectivity index is 2.21. The quantitative estimate of drug-likeness (QED) is 0.801. The van der Waals surface area contributed by atoms with Gasteiger partial charge in [0.25, 0.3) is 5.56 Å². The third kappa shape index (κ3) is 2.90. The molecule has 0 radical (unpaired) electrons. The number of hydrogen-bond acceptors (Lipinski definition) is 4. The number of aromatic nitrogens is 2. The standard InChI is InChI=1S/C18H19N3O2/c1-11(2)21-10-13(5-9-17(21)22)14-6-8-16(19)20-18(14)15-7-4-12(3)23-15/h4-11H,1-3H3,(H2,19,20). The van der Waals surface area contributed by atoms with Crippen molar-refractivity contribution in [1.82, 2.24) is 9.55 Å². The van der Waals surface area contributed by atoms with E-state index in [0.29, 0.717) is 17.3 Å². The molecule has 3 rings (SSSR count). The molecule has 0 amide bonds. The number of pyridine rings is 2. The lowest BCUT2D eigenvalue weighted by Crippen LogP contribution is -2.20. The highest BCUT2D eigenvalue weighted by Crippen LogP contribution is 2.32. The van der Waals surface area contributed by atoms with Crippen molar-refractivity contribution in [1.29, 1.82) is 0 Å². The first-order chi connectivity index (χ1) is 11.0. The van der Waals surface area contributed by atoms with Crippen molar-refractivity contribution in [3.8, 4) is 22.6 Å². The predicted molar refractivity (Wildman–Crippen MR) is 91.2 cm³/mol. The lowest BCUT2D eigenvalue weighted by Gasteiger charge is -2.13. The highest BCUT2D eigenvalue weighted by atomic mass is 16.3. The number of rotatable bonds is 3. The third-order valence-electron chi connectivity index (χ3n) is 3.70. The molecular weight excluding hydrogens is 290 g/mol. The molecule has 0 fully saturated rings. The minimum absolute atomic E-state index is 0.0254. The molecule has 0 saturated heterocycles. The van der Waals surface area contributed by atoms with E-state index in [9.17, 15) is 4.79 Å². The van der Waals surface area contributed by atoms with Crippen molar-refractivity contribution in [2.75, 3.05) is 5.73 Å². The molecule has 23 heavy (non-hydrogen) atoms. The van der Waals surface area contributed by atoms with Crippen molar-refractivity contribution in [2.45, 2.75) is 26.8 Å². The number of nitrogens with two attached hydrogens (primary N) is 1. The van der Waals surface area contributed by atoms with Crippen LogP contribution in [0.3, 0.4) is 0 Å². The van der Waals surface area contributed by atoms with E-state index >= 15 is 0 Å². The summed E-state index contributed by atoms with van der Waals surface area (Å²) in [6.45, 7) is 5.83. The van der Waals surface area contributed by atoms with Crippen LogP contribution in [0.2, 0.25) is 0 Å². The van der Waals surface area contributed by atoms with Crippen molar-refractivity contribution >= 4 is 5.82 Å². The second kappa shape index (κ2) is 5.76. The Morgan fingerprint density at radius 1 is 1.13 bits per heavy atom. The van der Waals surface area contributed by atoms with Gasteiger partial charge in [0.2, 0.25) is 0 Å². The monoisotopic (exact) mass is 309 g/mol. The number of nitrogens with zero attached hydrogens (tertiary/aromatic N) is 2. The van der Waals surface area contributed by atoms with Gasteiger partial charge in [0.1, 0.15) is 17.3 Å². The van der Waals surface area contributed by atoms with Gasteiger partial charge in [0.15, 0.2) is 5.76 Å². The molecule has 0 aliphatic rings.